The zero-order valence-corrected chi connectivity index (χ0v) is 14.4. The van der Waals surface area contributed by atoms with E-state index < -0.39 is 5.60 Å². The van der Waals surface area contributed by atoms with E-state index in [2.05, 4.69) is 28.2 Å². The van der Waals surface area contributed by atoms with Gasteiger partial charge in [0.05, 0.1) is 5.60 Å². The minimum Gasteiger partial charge on any atom is -0.388 e. The fourth-order valence-electron chi connectivity index (χ4n) is 3.01. The molecule has 4 heteroatoms. The van der Waals surface area contributed by atoms with Crippen molar-refractivity contribution in [3.05, 3.63) is 33.8 Å². The Bertz CT molecular complexity index is 487. The van der Waals surface area contributed by atoms with Crippen LogP contribution in [0.4, 0.5) is 0 Å². The van der Waals surface area contributed by atoms with Crippen LogP contribution in [0.15, 0.2) is 22.7 Å². The van der Waals surface area contributed by atoms with Crippen LogP contribution in [-0.2, 0) is 0 Å². The van der Waals surface area contributed by atoms with Gasteiger partial charge in [-0.2, -0.15) is 0 Å². The number of carbonyl (C=O) groups excluding carboxylic acids is 1. The molecule has 1 aliphatic carbocycles. The van der Waals surface area contributed by atoms with Gasteiger partial charge in [0, 0.05) is 16.6 Å². The highest BCUT2D eigenvalue weighted by Gasteiger charge is 2.32. The molecule has 3 nitrogen and oxygen atoms in total. The minimum atomic E-state index is -0.734. The lowest BCUT2D eigenvalue weighted by Gasteiger charge is -2.35. The van der Waals surface area contributed by atoms with Crippen LogP contribution in [-0.4, -0.2) is 23.2 Å². The van der Waals surface area contributed by atoms with E-state index >= 15 is 0 Å². The average Bonchev–Trinajstić information content (AvgIpc) is 2.45. The average molecular weight is 354 g/mol. The van der Waals surface area contributed by atoms with Crippen LogP contribution in [0.3, 0.4) is 0 Å². The number of carbonyl (C=O) groups is 1. The third-order valence-corrected chi connectivity index (χ3v) is 4.95. The summed E-state index contributed by atoms with van der Waals surface area (Å²) in [7, 11) is 0. The first-order chi connectivity index (χ1) is 9.92. The molecule has 2 rings (SSSR count). The number of hydrogen-bond donors (Lipinski definition) is 2. The Morgan fingerprint density at radius 3 is 2.62 bits per heavy atom. The minimum absolute atomic E-state index is 0.120. The van der Waals surface area contributed by atoms with Gasteiger partial charge in [-0.3, -0.25) is 4.79 Å². The molecule has 0 atom stereocenters. The van der Waals surface area contributed by atoms with E-state index in [1.54, 1.807) is 6.07 Å². The van der Waals surface area contributed by atoms with Crippen LogP contribution >= 0.6 is 15.9 Å². The summed E-state index contributed by atoms with van der Waals surface area (Å²) < 4.78 is 0.898. The van der Waals surface area contributed by atoms with Crippen LogP contribution < -0.4 is 5.32 Å². The lowest BCUT2D eigenvalue weighted by molar-refractivity contribution is -0.00786. The molecule has 0 aliphatic heterocycles. The standard InChI is InChI=1S/C17H24BrNO2/c1-3-13-4-6-17(21,7-5-13)11-19-16(20)14-8-12(2)9-15(18)10-14/h8-10,13,21H,3-7,11H2,1-2H3,(H,19,20). The van der Waals surface area contributed by atoms with Gasteiger partial charge in [-0.1, -0.05) is 29.3 Å². The maximum absolute atomic E-state index is 12.2. The van der Waals surface area contributed by atoms with Gasteiger partial charge in [-0.15, -0.1) is 0 Å². The quantitative estimate of drug-likeness (QED) is 0.864. The number of rotatable bonds is 4. The van der Waals surface area contributed by atoms with E-state index in [0.29, 0.717) is 12.1 Å². The first-order valence-electron chi connectivity index (χ1n) is 7.69. The molecular weight excluding hydrogens is 330 g/mol. The van der Waals surface area contributed by atoms with Crippen molar-refractivity contribution in [1.29, 1.82) is 0 Å². The molecule has 1 aliphatic rings. The predicted octanol–water partition coefficient (Wildman–Crippen LogP) is 3.82. The molecule has 0 radical (unpaired) electrons. The third-order valence-electron chi connectivity index (χ3n) is 4.50. The number of amides is 1. The van der Waals surface area contributed by atoms with Gasteiger partial charge in [0.2, 0.25) is 0 Å². The molecule has 1 fully saturated rings. The van der Waals surface area contributed by atoms with Gasteiger partial charge in [0.25, 0.3) is 5.91 Å². The summed E-state index contributed by atoms with van der Waals surface area (Å²) in [5.41, 5.74) is 0.937. The van der Waals surface area contributed by atoms with Crippen LogP contribution in [0.2, 0.25) is 0 Å². The Balaban J connectivity index is 1.92. The molecule has 1 aromatic rings. The maximum atomic E-state index is 12.2. The third kappa shape index (κ3) is 4.55. The van der Waals surface area contributed by atoms with Gasteiger partial charge >= 0.3 is 0 Å². The number of halogens is 1. The van der Waals surface area contributed by atoms with Crippen molar-refractivity contribution in [2.24, 2.45) is 5.92 Å². The van der Waals surface area contributed by atoms with Gasteiger partial charge in [-0.25, -0.2) is 0 Å². The fraction of sp³-hybridized carbons (Fsp3) is 0.588. The van der Waals surface area contributed by atoms with E-state index in [1.807, 2.05) is 19.1 Å². The second kappa shape index (κ2) is 6.93. The summed E-state index contributed by atoms with van der Waals surface area (Å²) in [4.78, 5) is 12.2. The second-order valence-corrected chi connectivity index (χ2v) is 7.19. The summed E-state index contributed by atoms with van der Waals surface area (Å²) >= 11 is 3.40. The Morgan fingerprint density at radius 2 is 2.05 bits per heavy atom. The highest BCUT2D eigenvalue weighted by atomic mass is 79.9. The Labute approximate surface area is 135 Å². The van der Waals surface area contributed by atoms with Crippen LogP contribution in [0.25, 0.3) is 0 Å². The van der Waals surface area contributed by atoms with Crippen molar-refractivity contribution in [3.63, 3.8) is 0 Å². The molecule has 0 bridgehead atoms. The van der Waals surface area contributed by atoms with Crippen LogP contribution in [0.1, 0.15) is 54.9 Å². The molecule has 0 spiro atoms. The molecule has 0 aromatic heterocycles. The molecule has 1 saturated carbocycles. The largest absolute Gasteiger partial charge is 0.388 e. The molecule has 0 saturated heterocycles. The van der Waals surface area contributed by atoms with E-state index in [0.717, 1.165) is 41.6 Å². The van der Waals surface area contributed by atoms with Crippen molar-refractivity contribution in [2.75, 3.05) is 6.54 Å². The smallest absolute Gasteiger partial charge is 0.251 e. The molecule has 0 heterocycles. The Morgan fingerprint density at radius 1 is 1.38 bits per heavy atom. The van der Waals surface area contributed by atoms with Crippen molar-refractivity contribution >= 4 is 21.8 Å². The summed E-state index contributed by atoms with van der Waals surface area (Å²) in [5.74, 6) is 0.610. The van der Waals surface area contributed by atoms with E-state index in [1.165, 1.54) is 6.42 Å². The molecule has 116 valence electrons. The summed E-state index contributed by atoms with van der Waals surface area (Å²) in [6.07, 6.45) is 4.85. The SMILES string of the molecule is CCC1CCC(O)(CNC(=O)c2cc(C)cc(Br)c2)CC1. The van der Waals surface area contributed by atoms with Crippen molar-refractivity contribution < 1.29 is 9.90 Å². The molecule has 0 unspecified atom stereocenters. The van der Waals surface area contributed by atoms with E-state index in [-0.39, 0.29) is 5.91 Å². The normalized spacial score (nSPS) is 25.6. The van der Waals surface area contributed by atoms with E-state index in [9.17, 15) is 9.90 Å². The Kier molecular flexibility index (Phi) is 5.44. The number of hydrogen-bond acceptors (Lipinski definition) is 2. The monoisotopic (exact) mass is 353 g/mol. The number of benzene rings is 1. The highest BCUT2D eigenvalue weighted by Crippen LogP contribution is 2.33. The van der Waals surface area contributed by atoms with Crippen molar-refractivity contribution in [1.82, 2.24) is 5.32 Å². The maximum Gasteiger partial charge on any atom is 0.251 e. The second-order valence-electron chi connectivity index (χ2n) is 6.28. The molecule has 1 aromatic carbocycles. The topological polar surface area (TPSA) is 49.3 Å². The summed E-state index contributed by atoms with van der Waals surface area (Å²) in [6, 6.07) is 5.63. The van der Waals surface area contributed by atoms with E-state index in [4.69, 9.17) is 0 Å². The molecule has 2 N–H and O–H groups in total. The highest BCUT2D eigenvalue weighted by molar-refractivity contribution is 9.10. The number of aryl methyl sites for hydroxylation is 1. The van der Waals surface area contributed by atoms with Crippen LogP contribution in [0.5, 0.6) is 0 Å². The van der Waals surface area contributed by atoms with Crippen LogP contribution in [0, 0.1) is 12.8 Å². The number of nitrogens with one attached hydrogen (secondary N) is 1. The van der Waals surface area contributed by atoms with Gasteiger partial charge in [0.1, 0.15) is 0 Å². The first-order valence-corrected chi connectivity index (χ1v) is 8.49. The van der Waals surface area contributed by atoms with Gasteiger partial charge in [-0.05, 0) is 62.3 Å². The lowest BCUT2D eigenvalue weighted by atomic mass is 9.78. The zero-order valence-electron chi connectivity index (χ0n) is 12.8. The summed E-state index contributed by atoms with van der Waals surface area (Å²) in [5, 5.41) is 13.5. The van der Waals surface area contributed by atoms with Gasteiger partial charge < -0.3 is 10.4 Å². The Hall–Kier alpha value is -0.870. The first kappa shape index (κ1) is 16.5. The van der Waals surface area contributed by atoms with Crippen molar-refractivity contribution in [2.45, 2.75) is 51.6 Å². The summed E-state index contributed by atoms with van der Waals surface area (Å²) in [6.45, 7) is 4.50. The molecule has 21 heavy (non-hydrogen) atoms. The van der Waals surface area contributed by atoms with Gasteiger partial charge in [0.15, 0.2) is 0 Å². The molecular formula is C17H24BrNO2. The van der Waals surface area contributed by atoms with Crippen molar-refractivity contribution in [3.8, 4) is 0 Å². The fourth-order valence-corrected chi connectivity index (χ4v) is 3.62. The lowest BCUT2D eigenvalue weighted by Crippen LogP contribution is -2.45. The zero-order chi connectivity index (χ0) is 15.5. The molecule has 1 amide bonds. The predicted molar refractivity (Wildman–Crippen MR) is 88.4 cm³/mol. The number of aliphatic hydroxyl groups is 1.